The van der Waals surface area contributed by atoms with Crippen molar-refractivity contribution in [1.29, 1.82) is 0 Å². The summed E-state index contributed by atoms with van der Waals surface area (Å²) < 4.78 is 62.5. The van der Waals surface area contributed by atoms with Crippen molar-refractivity contribution >= 4 is 32.2 Å². The Morgan fingerprint density at radius 1 is 0.911 bits per heavy atom. The van der Waals surface area contributed by atoms with Gasteiger partial charge in [0, 0.05) is 42.1 Å². The first-order chi connectivity index (χ1) is 21.7. The molecule has 1 atom stereocenters. The first-order valence-electron chi connectivity index (χ1n) is 16.5. The van der Waals surface area contributed by atoms with E-state index in [0.29, 0.717) is 49.6 Å². The largest absolute Gasteiger partial charge is 0.491 e. The van der Waals surface area contributed by atoms with Crippen LogP contribution >= 0.6 is 0 Å². The molecule has 244 valence electrons. The average molecular weight is 642 g/mol. The Labute approximate surface area is 265 Å². The summed E-state index contributed by atoms with van der Waals surface area (Å²) in [5.41, 5.74) is 2.35. The van der Waals surface area contributed by atoms with Crippen LogP contribution in [-0.2, 0) is 15.8 Å². The van der Waals surface area contributed by atoms with Gasteiger partial charge in [-0.05, 0) is 69.9 Å². The monoisotopic (exact) mass is 641 g/mol. The normalized spacial score (nSPS) is 26.2. The summed E-state index contributed by atoms with van der Waals surface area (Å²) in [5.74, 6) is -2.10. The molecular weight excluding hydrogens is 596 g/mol. The molecular formula is C34H45F2N5O3S. The molecule has 2 saturated heterocycles. The van der Waals surface area contributed by atoms with Crippen LogP contribution in [0.3, 0.4) is 0 Å². The number of aromatic nitrogens is 2. The van der Waals surface area contributed by atoms with Crippen LogP contribution in [-0.4, -0.2) is 74.1 Å². The molecule has 0 aliphatic carbocycles. The topological polar surface area (TPSA) is 87.7 Å². The first kappa shape index (κ1) is 31.9. The predicted octanol–water partition coefficient (Wildman–Crippen LogP) is 6.57. The number of nitrogens with zero attached hydrogens (tertiary/aromatic N) is 4. The molecule has 0 spiro atoms. The van der Waals surface area contributed by atoms with E-state index in [1.165, 1.54) is 6.33 Å². The van der Waals surface area contributed by atoms with Gasteiger partial charge >= 0.3 is 0 Å². The third kappa shape index (κ3) is 7.51. The maximum absolute atomic E-state index is 15.9. The molecule has 1 aromatic heterocycles. The van der Waals surface area contributed by atoms with Gasteiger partial charge in [-0.25, -0.2) is 27.2 Å². The fourth-order valence-electron chi connectivity index (χ4n) is 6.89. The summed E-state index contributed by atoms with van der Waals surface area (Å²) >= 11 is 0. The Hall–Kier alpha value is -3.05. The summed E-state index contributed by atoms with van der Waals surface area (Å²) in [6, 6.07) is 10.4. The number of hydrogen-bond donors (Lipinski definition) is 1. The molecule has 3 aromatic rings. The van der Waals surface area contributed by atoms with Crippen LogP contribution < -0.4 is 15.0 Å². The van der Waals surface area contributed by atoms with Gasteiger partial charge in [0.15, 0.2) is 9.84 Å². The van der Waals surface area contributed by atoms with Crippen molar-refractivity contribution in [3.63, 3.8) is 0 Å². The molecule has 6 aliphatic rings. The highest BCUT2D eigenvalue weighted by Crippen LogP contribution is 2.42. The highest BCUT2D eigenvalue weighted by Gasteiger charge is 2.42. The molecule has 0 unspecified atom stereocenters. The van der Waals surface area contributed by atoms with E-state index in [1.807, 2.05) is 25.1 Å². The lowest BCUT2D eigenvalue weighted by molar-refractivity contribution is -0.0855. The van der Waals surface area contributed by atoms with Crippen molar-refractivity contribution < 1.29 is 21.9 Å². The van der Waals surface area contributed by atoms with Gasteiger partial charge in [0.1, 0.15) is 17.9 Å². The van der Waals surface area contributed by atoms with Crippen molar-refractivity contribution in [2.24, 2.45) is 5.92 Å². The summed E-state index contributed by atoms with van der Waals surface area (Å²) in [6.45, 7) is 5.73. The van der Waals surface area contributed by atoms with Gasteiger partial charge in [0.05, 0.1) is 29.3 Å². The van der Waals surface area contributed by atoms with Crippen LogP contribution in [0.25, 0.3) is 10.9 Å². The van der Waals surface area contributed by atoms with Crippen molar-refractivity contribution in [2.45, 2.75) is 70.3 Å². The zero-order chi connectivity index (χ0) is 31.4. The summed E-state index contributed by atoms with van der Waals surface area (Å²) in [6.07, 6.45) is 9.03. The molecule has 7 heterocycles. The average Bonchev–Trinajstić information content (AvgIpc) is 3.04. The predicted molar refractivity (Wildman–Crippen MR) is 175 cm³/mol. The van der Waals surface area contributed by atoms with E-state index in [4.69, 9.17) is 4.74 Å². The van der Waals surface area contributed by atoms with Crippen LogP contribution in [0.2, 0.25) is 0 Å². The van der Waals surface area contributed by atoms with E-state index in [9.17, 15) is 8.42 Å². The van der Waals surface area contributed by atoms with Crippen LogP contribution in [0.1, 0.15) is 75.5 Å². The zero-order valence-corrected chi connectivity index (χ0v) is 27.0. The number of ether oxygens (including phenoxy) is 1. The van der Waals surface area contributed by atoms with Gasteiger partial charge in [0.25, 0.3) is 5.92 Å². The fourth-order valence-corrected chi connectivity index (χ4v) is 8.09. The van der Waals surface area contributed by atoms with Gasteiger partial charge in [-0.3, -0.25) is 0 Å². The summed E-state index contributed by atoms with van der Waals surface area (Å²) in [7, 11) is -3.06. The smallest absolute Gasteiger partial charge is 0.276 e. The Morgan fingerprint density at radius 2 is 1.64 bits per heavy atom. The Kier molecular flexibility index (Phi) is 9.75. The molecule has 8 nitrogen and oxygen atoms in total. The van der Waals surface area contributed by atoms with E-state index in [-0.39, 0.29) is 23.1 Å². The second-order valence-corrected chi connectivity index (χ2v) is 15.2. The number of anilines is 2. The number of hydrogen-bond acceptors (Lipinski definition) is 8. The van der Waals surface area contributed by atoms with Crippen molar-refractivity contribution in [1.82, 2.24) is 14.9 Å². The van der Waals surface area contributed by atoms with Gasteiger partial charge in [-0.1, -0.05) is 43.9 Å². The lowest BCUT2D eigenvalue weighted by Gasteiger charge is -2.36. The Balaban J connectivity index is 1.32. The molecule has 0 saturated carbocycles. The number of nitrogens with one attached hydrogen (secondary N) is 1. The fraction of sp³-hybridized carbons (Fsp3) is 0.588. The van der Waals surface area contributed by atoms with E-state index >= 15 is 8.78 Å². The highest BCUT2D eigenvalue weighted by atomic mass is 32.2. The number of piperidine rings is 1. The van der Waals surface area contributed by atoms with E-state index in [0.717, 1.165) is 74.8 Å². The Bertz CT molecular complexity index is 1570. The molecule has 0 radical (unpaired) electrons. The second-order valence-electron chi connectivity index (χ2n) is 12.9. The highest BCUT2D eigenvalue weighted by molar-refractivity contribution is 7.91. The van der Waals surface area contributed by atoms with Gasteiger partial charge in [-0.15, -0.1) is 0 Å². The second kappa shape index (κ2) is 13.7. The first-order valence-corrected chi connectivity index (χ1v) is 18.4. The van der Waals surface area contributed by atoms with E-state index in [1.54, 1.807) is 18.2 Å². The van der Waals surface area contributed by atoms with Crippen molar-refractivity contribution in [2.75, 3.05) is 61.1 Å². The number of rotatable bonds is 1. The SMILES string of the molecule is C[C@H]1Nc2ncnc3cc(c(N4CCS(=O)(=O)CC4)cc23)OCCCCCCCCN2CCC(CC2)C(F)(F)c2cccc1c2. The third-order valence-corrected chi connectivity index (χ3v) is 11.4. The molecule has 0 amide bonds. The minimum absolute atomic E-state index is 0.0678. The van der Waals surface area contributed by atoms with Crippen LogP contribution in [0, 0.1) is 5.92 Å². The van der Waals surface area contributed by atoms with Gasteiger partial charge in [-0.2, -0.15) is 0 Å². The quantitative estimate of drug-likeness (QED) is 0.319. The van der Waals surface area contributed by atoms with Crippen LogP contribution in [0.4, 0.5) is 20.3 Å². The van der Waals surface area contributed by atoms with Gasteiger partial charge < -0.3 is 19.9 Å². The third-order valence-electron chi connectivity index (χ3n) is 9.75. The summed E-state index contributed by atoms with van der Waals surface area (Å²) in [5, 5.41) is 4.22. The molecule has 6 aliphatic heterocycles. The Morgan fingerprint density at radius 3 is 2.42 bits per heavy atom. The van der Waals surface area contributed by atoms with E-state index in [2.05, 4.69) is 25.1 Å². The minimum Gasteiger partial charge on any atom is -0.491 e. The molecule has 11 heteroatoms. The molecule has 2 fully saturated rings. The molecule has 9 rings (SSSR count). The maximum atomic E-state index is 15.9. The lowest BCUT2D eigenvalue weighted by atomic mass is 9.85. The number of sulfone groups is 1. The van der Waals surface area contributed by atoms with Gasteiger partial charge in [0.2, 0.25) is 0 Å². The zero-order valence-electron chi connectivity index (χ0n) is 26.2. The minimum atomic E-state index is -3.06. The molecule has 2 aromatic carbocycles. The lowest BCUT2D eigenvalue weighted by Crippen LogP contribution is -2.40. The number of alkyl halides is 2. The summed E-state index contributed by atoms with van der Waals surface area (Å²) in [4.78, 5) is 13.5. The standard InChI is InChI=1S/C34H45F2N5O3S/c1-25-26-9-8-10-28(21-26)34(35,36)27-11-14-40(15-12-27)13-6-4-2-3-5-7-18-44-32-23-30-29(33(39-25)38-24-37-30)22-31(32)41-16-19-45(42,43)20-17-41/h8-10,21-25,27H,2-7,11-20H2,1H3,(H,37,38,39)/t25-/m1/s1. The van der Waals surface area contributed by atoms with E-state index < -0.39 is 21.7 Å². The van der Waals surface area contributed by atoms with Crippen LogP contribution in [0.15, 0.2) is 42.7 Å². The maximum Gasteiger partial charge on any atom is 0.276 e. The number of benzene rings is 2. The van der Waals surface area contributed by atoms with Crippen molar-refractivity contribution in [3.05, 3.63) is 53.9 Å². The number of halogens is 2. The molecule has 1 N–H and O–H groups in total. The molecule has 45 heavy (non-hydrogen) atoms. The van der Waals surface area contributed by atoms with Crippen LogP contribution in [0.5, 0.6) is 5.75 Å². The molecule has 8 bridgehead atoms. The van der Waals surface area contributed by atoms with Crippen molar-refractivity contribution in [3.8, 4) is 5.75 Å².